The Hall–Kier alpha value is -1.91. The van der Waals surface area contributed by atoms with E-state index in [9.17, 15) is 8.42 Å². The number of benzene rings is 1. The fourth-order valence-corrected chi connectivity index (χ4v) is 5.06. The van der Waals surface area contributed by atoms with Crippen LogP contribution >= 0.6 is 15.9 Å². The summed E-state index contributed by atoms with van der Waals surface area (Å²) in [7, 11) is -3.71. The second-order valence-corrected chi connectivity index (χ2v) is 9.71. The van der Waals surface area contributed by atoms with Gasteiger partial charge in [0.1, 0.15) is 28.1 Å². The Labute approximate surface area is 186 Å². The van der Waals surface area contributed by atoms with E-state index in [-0.39, 0.29) is 11.4 Å². The van der Waals surface area contributed by atoms with Gasteiger partial charge in [0, 0.05) is 36.7 Å². The minimum Gasteiger partial charge on any atom is -0.492 e. The topological polar surface area (TPSA) is 96.5 Å². The number of hydrogen-bond donors (Lipinski definition) is 2. The quantitative estimate of drug-likeness (QED) is 0.512. The lowest BCUT2D eigenvalue weighted by atomic mass is 10.1. The molecule has 0 unspecified atom stereocenters. The Kier molecular flexibility index (Phi) is 7.90. The third kappa shape index (κ3) is 6.05. The van der Waals surface area contributed by atoms with Crippen molar-refractivity contribution < 1.29 is 13.2 Å². The minimum absolute atomic E-state index is 0.115. The molecular formula is C20H28BrN5O3S. The van der Waals surface area contributed by atoms with Crippen LogP contribution in [0.5, 0.6) is 5.75 Å². The number of anilines is 2. The van der Waals surface area contributed by atoms with Gasteiger partial charge in [0.15, 0.2) is 0 Å². The number of hydrogen-bond acceptors (Lipinski definition) is 7. The first kappa shape index (κ1) is 22.8. The molecule has 1 fully saturated rings. The van der Waals surface area contributed by atoms with Crippen molar-refractivity contribution in [1.82, 2.24) is 14.7 Å². The molecule has 2 aromatic rings. The zero-order valence-electron chi connectivity index (χ0n) is 17.3. The lowest BCUT2D eigenvalue weighted by Gasteiger charge is -2.28. The number of rotatable bonds is 9. The van der Waals surface area contributed by atoms with Crippen molar-refractivity contribution in [3.8, 4) is 5.75 Å². The monoisotopic (exact) mass is 497 g/mol. The van der Waals surface area contributed by atoms with Gasteiger partial charge >= 0.3 is 0 Å². The van der Waals surface area contributed by atoms with E-state index >= 15 is 0 Å². The van der Waals surface area contributed by atoms with E-state index in [0.717, 1.165) is 18.9 Å². The van der Waals surface area contributed by atoms with Gasteiger partial charge in [0.2, 0.25) is 10.0 Å². The number of sulfonamides is 1. The molecule has 0 radical (unpaired) electrons. The molecule has 0 bridgehead atoms. The van der Waals surface area contributed by atoms with Gasteiger partial charge in [-0.15, -0.1) is 0 Å². The van der Waals surface area contributed by atoms with Gasteiger partial charge in [-0.2, -0.15) is 0 Å². The molecule has 0 saturated carbocycles. The van der Waals surface area contributed by atoms with Crippen LogP contribution < -0.4 is 19.7 Å². The zero-order chi connectivity index (χ0) is 21.6. The highest BCUT2D eigenvalue weighted by Gasteiger charge is 2.20. The van der Waals surface area contributed by atoms with E-state index in [1.165, 1.54) is 19.3 Å². The highest BCUT2D eigenvalue weighted by atomic mass is 79.9. The Bertz CT molecular complexity index is 965. The normalized spacial score (nSPS) is 14.6. The van der Waals surface area contributed by atoms with E-state index < -0.39 is 10.0 Å². The molecule has 2 N–H and O–H groups in total. The average Bonchev–Trinajstić information content (AvgIpc) is 2.73. The number of halogens is 1. The first-order valence-electron chi connectivity index (χ1n) is 10.2. The SMILES string of the molecule is CCOc1ccc(Br)cc1S(=O)(=O)NCCNc1cc(N2CCCCC2)nc(C)n1. The molecule has 1 saturated heterocycles. The fourth-order valence-electron chi connectivity index (χ4n) is 3.35. The maximum Gasteiger partial charge on any atom is 0.244 e. The number of nitrogens with one attached hydrogen (secondary N) is 2. The van der Waals surface area contributed by atoms with Crippen LogP contribution in [-0.2, 0) is 10.0 Å². The summed E-state index contributed by atoms with van der Waals surface area (Å²) in [4.78, 5) is 11.4. The highest BCUT2D eigenvalue weighted by molar-refractivity contribution is 9.10. The number of aromatic nitrogens is 2. The van der Waals surface area contributed by atoms with Crippen LogP contribution in [0, 0.1) is 6.92 Å². The molecule has 0 atom stereocenters. The predicted octanol–water partition coefficient (Wildman–Crippen LogP) is 3.33. The molecule has 2 heterocycles. The standard InChI is InChI=1S/C20H28BrN5O3S/c1-3-29-17-8-7-16(21)13-18(17)30(27,28)23-10-9-22-19-14-20(25-15(2)24-19)26-11-5-4-6-12-26/h7-8,13-14,23H,3-6,9-12H2,1-2H3,(H,22,24,25). The largest absolute Gasteiger partial charge is 0.492 e. The maximum atomic E-state index is 12.7. The number of nitrogens with zero attached hydrogens (tertiary/aromatic N) is 3. The summed E-state index contributed by atoms with van der Waals surface area (Å²) in [5.74, 6) is 2.64. The van der Waals surface area contributed by atoms with Crippen molar-refractivity contribution >= 4 is 37.6 Å². The summed E-state index contributed by atoms with van der Waals surface area (Å²) in [6.45, 7) is 6.68. The highest BCUT2D eigenvalue weighted by Crippen LogP contribution is 2.27. The van der Waals surface area contributed by atoms with E-state index in [2.05, 4.69) is 40.8 Å². The molecule has 164 valence electrons. The van der Waals surface area contributed by atoms with Crippen LogP contribution in [0.1, 0.15) is 32.0 Å². The van der Waals surface area contributed by atoms with Gasteiger partial charge in [0.05, 0.1) is 6.61 Å². The van der Waals surface area contributed by atoms with Crippen molar-refractivity contribution in [2.24, 2.45) is 0 Å². The van der Waals surface area contributed by atoms with Crippen LogP contribution in [0.25, 0.3) is 0 Å². The predicted molar refractivity (Wildman–Crippen MR) is 122 cm³/mol. The Balaban J connectivity index is 1.61. The van der Waals surface area contributed by atoms with E-state index in [0.29, 0.717) is 35.0 Å². The molecular weight excluding hydrogens is 470 g/mol. The molecule has 0 amide bonds. The zero-order valence-corrected chi connectivity index (χ0v) is 19.7. The van der Waals surface area contributed by atoms with Gasteiger partial charge < -0.3 is 15.0 Å². The van der Waals surface area contributed by atoms with Gasteiger partial charge in [-0.25, -0.2) is 23.1 Å². The summed E-state index contributed by atoms with van der Waals surface area (Å²) in [6, 6.07) is 6.86. The molecule has 30 heavy (non-hydrogen) atoms. The van der Waals surface area contributed by atoms with Crippen molar-refractivity contribution in [1.29, 1.82) is 0 Å². The first-order chi connectivity index (χ1) is 14.4. The Morgan fingerprint density at radius 2 is 1.90 bits per heavy atom. The smallest absolute Gasteiger partial charge is 0.244 e. The van der Waals surface area contributed by atoms with Crippen LogP contribution in [0.4, 0.5) is 11.6 Å². The Morgan fingerprint density at radius 3 is 2.63 bits per heavy atom. The Morgan fingerprint density at radius 1 is 1.13 bits per heavy atom. The van der Waals surface area contributed by atoms with Crippen LogP contribution in [0.2, 0.25) is 0 Å². The van der Waals surface area contributed by atoms with Crippen molar-refractivity contribution in [2.75, 3.05) is 43.0 Å². The van der Waals surface area contributed by atoms with Crippen molar-refractivity contribution in [2.45, 2.75) is 38.0 Å². The average molecular weight is 498 g/mol. The number of ether oxygens (including phenoxy) is 1. The van der Waals surface area contributed by atoms with Gasteiger partial charge in [-0.05, 0) is 51.3 Å². The molecule has 10 heteroatoms. The molecule has 0 spiro atoms. The van der Waals surface area contributed by atoms with Gasteiger partial charge in [-0.1, -0.05) is 15.9 Å². The summed E-state index contributed by atoms with van der Waals surface area (Å²) in [5, 5.41) is 3.19. The number of aryl methyl sites for hydroxylation is 1. The molecule has 1 aromatic carbocycles. The van der Waals surface area contributed by atoms with E-state index in [1.807, 2.05) is 19.9 Å². The summed E-state index contributed by atoms with van der Waals surface area (Å²) in [5.41, 5.74) is 0. The van der Waals surface area contributed by atoms with E-state index in [1.54, 1.807) is 18.2 Å². The molecule has 1 aromatic heterocycles. The van der Waals surface area contributed by atoms with Gasteiger partial charge in [-0.3, -0.25) is 0 Å². The van der Waals surface area contributed by atoms with Crippen LogP contribution in [0.3, 0.4) is 0 Å². The fraction of sp³-hybridized carbons (Fsp3) is 0.500. The first-order valence-corrected chi connectivity index (χ1v) is 12.4. The lowest BCUT2D eigenvalue weighted by Crippen LogP contribution is -2.31. The van der Waals surface area contributed by atoms with Crippen molar-refractivity contribution in [3.63, 3.8) is 0 Å². The molecule has 0 aliphatic carbocycles. The number of piperidine rings is 1. The van der Waals surface area contributed by atoms with Crippen LogP contribution in [-0.4, -0.2) is 51.2 Å². The summed E-state index contributed by atoms with van der Waals surface area (Å²) < 4.78 is 34.2. The second kappa shape index (κ2) is 10.4. The second-order valence-electron chi connectivity index (χ2n) is 7.05. The maximum absolute atomic E-state index is 12.7. The van der Waals surface area contributed by atoms with Crippen LogP contribution in [0.15, 0.2) is 33.6 Å². The third-order valence-electron chi connectivity index (χ3n) is 4.72. The third-order valence-corrected chi connectivity index (χ3v) is 6.70. The molecule has 1 aliphatic rings. The molecule has 8 nitrogen and oxygen atoms in total. The minimum atomic E-state index is -3.71. The van der Waals surface area contributed by atoms with Crippen molar-refractivity contribution in [3.05, 3.63) is 34.6 Å². The molecule has 3 rings (SSSR count). The lowest BCUT2D eigenvalue weighted by molar-refractivity contribution is 0.331. The van der Waals surface area contributed by atoms with Gasteiger partial charge in [0.25, 0.3) is 0 Å². The summed E-state index contributed by atoms with van der Waals surface area (Å²) >= 11 is 3.32. The summed E-state index contributed by atoms with van der Waals surface area (Å²) in [6.07, 6.45) is 3.61. The van der Waals surface area contributed by atoms with E-state index in [4.69, 9.17) is 4.74 Å². The molecule has 1 aliphatic heterocycles.